The van der Waals surface area contributed by atoms with Crippen molar-refractivity contribution in [2.45, 2.75) is 11.8 Å². The Bertz CT molecular complexity index is 1080. The Kier molecular flexibility index (Phi) is 4.91. The van der Waals surface area contributed by atoms with E-state index in [0.29, 0.717) is 5.56 Å². The van der Waals surface area contributed by atoms with Gasteiger partial charge in [-0.2, -0.15) is 0 Å². The van der Waals surface area contributed by atoms with E-state index < -0.39 is 21.8 Å². The summed E-state index contributed by atoms with van der Waals surface area (Å²) in [5, 5.41) is 9.30. The SMILES string of the molecule is Cc1ccc(S(=O)(=O)N(c2ccc(F)cc2)c2cccnc2)cc1C(=O)O. The number of halogens is 1. The molecule has 0 saturated carbocycles. The lowest BCUT2D eigenvalue weighted by molar-refractivity contribution is 0.0696. The molecule has 0 radical (unpaired) electrons. The van der Waals surface area contributed by atoms with Crippen LogP contribution in [0.5, 0.6) is 0 Å². The maximum absolute atomic E-state index is 13.3. The van der Waals surface area contributed by atoms with Gasteiger partial charge >= 0.3 is 5.97 Å². The first-order valence-electron chi connectivity index (χ1n) is 7.85. The zero-order valence-electron chi connectivity index (χ0n) is 14.2. The molecule has 0 aliphatic heterocycles. The van der Waals surface area contributed by atoms with Gasteiger partial charge in [0.15, 0.2) is 0 Å². The van der Waals surface area contributed by atoms with E-state index in [1.165, 1.54) is 36.7 Å². The van der Waals surface area contributed by atoms with Crippen molar-refractivity contribution in [2.75, 3.05) is 4.31 Å². The molecule has 138 valence electrons. The van der Waals surface area contributed by atoms with Crippen LogP contribution in [-0.4, -0.2) is 24.5 Å². The second-order valence-electron chi connectivity index (χ2n) is 5.74. The van der Waals surface area contributed by atoms with Crippen molar-refractivity contribution in [1.82, 2.24) is 4.98 Å². The second-order valence-corrected chi connectivity index (χ2v) is 7.53. The summed E-state index contributed by atoms with van der Waals surface area (Å²) >= 11 is 0. The molecule has 0 spiro atoms. The van der Waals surface area contributed by atoms with Gasteiger partial charge in [0.05, 0.1) is 28.0 Å². The highest BCUT2D eigenvalue weighted by Crippen LogP contribution is 2.32. The van der Waals surface area contributed by atoms with Gasteiger partial charge in [-0.1, -0.05) is 6.07 Å². The zero-order chi connectivity index (χ0) is 19.6. The molecule has 3 rings (SSSR count). The van der Waals surface area contributed by atoms with E-state index >= 15 is 0 Å². The maximum Gasteiger partial charge on any atom is 0.335 e. The van der Waals surface area contributed by atoms with Crippen LogP contribution in [0.3, 0.4) is 0 Å². The highest BCUT2D eigenvalue weighted by Gasteiger charge is 2.28. The van der Waals surface area contributed by atoms with Gasteiger partial charge < -0.3 is 5.11 Å². The topological polar surface area (TPSA) is 87.6 Å². The summed E-state index contributed by atoms with van der Waals surface area (Å²) < 4.78 is 40.9. The molecule has 0 bridgehead atoms. The number of aromatic carboxylic acids is 1. The number of anilines is 2. The molecule has 8 heteroatoms. The normalized spacial score (nSPS) is 11.2. The molecule has 0 saturated heterocycles. The smallest absolute Gasteiger partial charge is 0.335 e. The number of hydrogen-bond acceptors (Lipinski definition) is 4. The first-order valence-corrected chi connectivity index (χ1v) is 9.29. The first kappa shape index (κ1) is 18.5. The molecule has 3 aromatic rings. The molecule has 1 heterocycles. The van der Waals surface area contributed by atoms with Crippen molar-refractivity contribution in [2.24, 2.45) is 0 Å². The quantitative estimate of drug-likeness (QED) is 0.721. The fourth-order valence-electron chi connectivity index (χ4n) is 2.57. The van der Waals surface area contributed by atoms with Gasteiger partial charge in [0.25, 0.3) is 10.0 Å². The first-order chi connectivity index (χ1) is 12.8. The van der Waals surface area contributed by atoms with Crippen LogP contribution in [-0.2, 0) is 10.0 Å². The van der Waals surface area contributed by atoms with Crippen LogP contribution in [0, 0.1) is 12.7 Å². The van der Waals surface area contributed by atoms with Crippen molar-refractivity contribution in [3.63, 3.8) is 0 Å². The summed E-state index contributed by atoms with van der Waals surface area (Å²) in [6, 6.07) is 11.9. The summed E-state index contributed by atoms with van der Waals surface area (Å²) in [4.78, 5) is 15.1. The molecule has 0 aliphatic rings. The van der Waals surface area contributed by atoms with E-state index in [0.717, 1.165) is 22.5 Å². The number of carboxylic acids is 1. The van der Waals surface area contributed by atoms with Crippen molar-refractivity contribution in [1.29, 1.82) is 0 Å². The molecule has 0 amide bonds. The van der Waals surface area contributed by atoms with Crippen LogP contribution < -0.4 is 4.31 Å². The zero-order valence-corrected chi connectivity index (χ0v) is 15.0. The Morgan fingerprint density at radius 3 is 2.37 bits per heavy atom. The minimum Gasteiger partial charge on any atom is -0.478 e. The maximum atomic E-state index is 13.3. The standard InChI is InChI=1S/C19H15FN2O4S/c1-13-4-9-17(11-18(13)19(23)24)27(25,26)22(16-3-2-10-21-12-16)15-7-5-14(20)6-8-15/h2-12H,1H3,(H,23,24). The molecule has 1 aromatic heterocycles. The highest BCUT2D eigenvalue weighted by atomic mass is 32.2. The Morgan fingerprint density at radius 2 is 1.78 bits per heavy atom. The van der Waals surface area contributed by atoms with Crippen LogP contribution in [0.15, 0.2) is 71.9 Å². The fraction of sp³-hybridized carbons (Fsp3) is 0.0526. The third-order valence-electron chi connectivity index (χ3n) is 3.92. The van der Waals surface area contributed by atoms with E-state index in [9.17, 15) is 22.7 Å². The molecule has 1 N–H and O–H groups in total. The number of sulfonamides is 1. The van der Waals surface area contributed by atoms with Crippen LogP contribution in [0.4, 0.5) is 15.8 Å². The number of aromatic nitrogens is 1. The molecule has 0 fully saturated rings. The van der Waals surface area contributed by atoms with E-state index in [1.807, 2.05) is 0 Å². The largest absolute Gasteiger partial charge is 0.478 e. The minimum atomic E-state index is -4.19. The van der Waals surface area contributed by atoms with E-state index in [2.05, 4.69) is 4.98 Å². The van der Waals surface area contributed by atoms with Gasteiger partial charge in [-0.25, -0.2) is 21.9 Å². The Labute approximate surface area is 155 Å². The molecular weight excluding hydrogens is 371 g/mol. The van der Waals surface area contributed by atoms with Gasteiger partial charge in [0, 0.05) is 6.20 Å². The molecule has 0 aliphatic carbocycles. The fourth-order valence-corrected chi connectivity index (χ4v) is 4.08. The second kappa shape index (κ2) is 7.16. The van der Waals surface area contributed by atoms with Gasteiger partial charge in [-0.3, -0.25) is 4.98 Å². The average molecular weight is 386 g/mol. The lowest BCUT2D eigenvalue weighted by Gasteiger charge is -2.24. The molecule has 6 nitrogen and oxygen atoms in total. The van der Waals surface area contributed by atoms with E-state index in [1.54, 1.807) is 19.1 Å². The third kappa shape index (κ3) is 3.65. The summed E-state index contributed by atoms with van der Waals surface area (Å²) in [7, 11) is -4.19. The van der Waals surface area contributed by atoms with Gasteiger partial charge in [-0.15, -0.1) is 0 Å². The molecule has 27 heavy (non-hydrogen) atoms. The number of pyridine rings is 1. The van der Waals surface area contributed by atoms with Crippen LogP contribution in [0.25, 0.3) is 0 Å². The number of hydrogen-bond donors (Lipinski definition) is 1. The number of carbonyl (C=O) groups is 1. The summed E-state index contributed by atoms with van der Waals surface area (Å²) in [5.41, 5.74) is 0.765. The van der Waals surface area contributed by atoms with Crippen molar-refractivity contribution < 1.29 is 22.7 Å². The van der Waals surface area contributed by atoms with Gasteiger partial charge in [-0.05, 0) is 61.0 Å². The molecule has 0 unspecified atom stereocenters. The minimum absolute atomic E-state index is 0.110. The Hall–Kier alpha value is -3.26. The monoisotopic (exact) mass is 386 g/mol. The van der Waals surface area contributed by atoms with E-state index in [-0.39, 0.29) is 21.8 Å². The number of carboxylic acid groups (broad SMARTS) is 1. The highest BCUT2D eigenvalue weighted by molar-refractivity contribution is 7.93. The average Bonchev–Trinajstić information content (AvgIpc) is 2.64. The third-order valence-corrected chi connectivity index (χ3v) is 5.67. The Balaban J connectivity index is 2.21. The molecular formula is C19H15FN2O4S. The van der Waals surface area contributed by atoms with E-state index in [4.69, 9.17) is 0 Å². The van der Waals surface area contributed by atoms with Crippen molar-refractivity contribution in [3.05, 3.63) is 83.9 Å². The lowest BCUT2D eigenvalue weighted by atomic mass is 10.1. The molecule has 0 atom stereocenters. The summed E-state index contributed by atoms with van der Waals surface area (Å²) in [6.45, 7) is 1.58. The number of benzene rings is 2. The molecule has 2 aromatic carbocycles. The van der Waals surface area contributed by atoms with Crippen molar-refractivity contribution >= 4 is 27.4 Å². The van der Waals surface area contributed by atoms with Crippen LogP contribution in [0.2, 0.25) is 0 Å². The Morgan fingerprint density at radius 1 is 1.07 bits per heavy atom. The number of aryl methyl sites for hydroxylation is 1. The van der Waals surface area contributed by atoms with Crippen LogP contribution >= 0.6 is 0 Å². The summed E-state index contributed by atoms with van der Waals surface area (Å²) in [5.74, 6) is -1.73. The number of rotatable bonds is 5. The van der Waals surface area contributed by atoms with Gasteiger partial charge in [0.2, 0.25) is 0 Å². The predicted octanol–water partition coefficient (Wildman–Crippen LogP) is 3.75. The number of nitrogens with zero attached hydrogens (tertiary/aromatic N) is 2. The predicted molar refractivity (Wildman–Crippen MR) is 98.1 cm³/mol. The van der Waals surface area contributed by atoms with Gasteiger partial charge in [0.1, 0.15) is 5.82 Å². The summed E-state index contributed by atoms with van der Waals surface area (Å²) in [6.07, 6.45) is 2.85. The van der Waals surface area contributed by atoms with Crippen molar-refractivity contribution in [3.8, 4) is 0 Å². The lowest BCUT2D eigenvalue weighted by Crippen LogP contribution is -2.26. The van der Waals surface area contributed by atoms with Crippen LogP contribution in [0.1, 0.15) is 15.9 Å².